The fourth-order valence-corrected chi connectivity index (χ4v) is 3.00. The van der Waals surface area contributed by atoms with Gasteiger partial charge in [-0.3, -0.25) is 4.79 Å². The molecule has 0 saturated heterocycles. The van der Waals surface area contributed by atoms with Crippen LogP contribution >= 0.6 is 0 Å². The number of nitrogens with one attached hydrogen (secondary N) is 1. The van der Waals surface area contributed by atoms with Gasteiger partial charge < -0.3 is 14.8 Å². The first-order chi connectivity index (χ1) is 12.7. The van der Waals surface area contributed by atoms with Gasteiger partial charge in [0.2, 0.25) is 0 Å². The normalized spacial score (nSPS) is 12.7. The zero-order valence-electron chi connectivity index (χ0n) is 15.4. The van der Waals surface area contributed by atoms with Crippen LogP contribution in [0.4, 0.5) is 0 Å². The number of hydrogen-bond acceptors (Lipinski definition) is 5. The van der Waals surface area contributed by atoms with Crippen LogP contribution in [0.3, 0.4) is 0 Å². The number of rotatable bonds is 3. The van der Waals surface area contributed by atoms with Crippen LogP contribution in [0.2, 0.25) is 0 Å². The molecule has 1 aliphatic rings. The van der Waals surface area contributed by atoms with Crippen molar-refractivity contribution in [2.24, 2.45) is 0 Å². The molecule has 4 rings (SSSR count). The van der Waals surface area contributed by atoms with Crippen molar-refractivity contribution in [2.75, 3.05) is 20.8 Å². The number of aromatic nitrogens is 3. The summed E-state index contributed by atoms with van der Waals surface area (Å²) in [6.07, 6.45) is 4.16. The summed E-state index contributed by atoms with van der Waals surface area (Å²) in [7, 11) is 3.16. The first-order valence-corrected chi connectivity index (χ1v) is 8.58. The monoisotopic (exact) mass is 354 g/mol. The highest BCUT2D eigenvalue weighted by Crippen LogP contribution is 2.32. The number of carbonyl (C=O) groups excluding carboxylic acids is 1. The number of amides is 1. The van der Waals surface area contributed by atoms with Crippen LogP contribution in [0.5, 0.6) is 11.5 Å². The summed E-state index contributed by atoms with van der Waals surface area (Å²) < 4.78 is 12.4. The summed E-state index contributed by atoms with van der Waals surface area (Å²) in [5.41, 5.74) is 4.01. The molecular weight excluding hydrogens is 332 g/mol. The minimum Gasteiger partial charge on any atom is -0.496 e. The van der Waals surface area contributed by atoms with Gasteiger partial charge in [-0.25, -0.2) is 9.50 Å². The van der Waals surface area contributed by atoms with Gasteiger partial charge in [0.1, 0.15) is 11.5 Å². The van der Waals surface area contributed by atoms with E-state index < -0.39 is 0 Å². The first kappa shape index (κ1) is 17.7. The molecule has 7 nitrogen and oxygen atoms in total. The van der Waals surface area contributed by atoms with Crippen molar-refractivity contribution in [1.29, 1.82) is 0 Å². The predicted octanol–water partition coefficient (Wildman–Crippen LogP) is 2.73. The standard InChI is InChI=1S/C17H16N4O3.C2H6/c1-23-12-7-15-19-9-13(21(15)20-8-12)11-5-10-3-4-18-17(22)16(10)14(6-11)24-2;1-2/h5-9H,3-4H2,1-2H3,(H,18,22);1-2H3. The molecule has 136 valence electrons. The minimum atomic E-state index is -0.0966. The van der Waals surface area contributed by atoms with Crippen molar-refractivity contribution in [1.82, 2.24) is 19.9 Å². The third-order valence-corrected chi connectivity index (χ3v) is 4.18. The van der Waals surface area contributed by atoms with Gasteiger partial charge in [-0.2, -0.15) is 5.10 Å². The van der Waals surface area contributed by atoms with E-state index in [-0.39, 0.29) is 5.91 Å². The van der Waals surface area contributed by atoms with Crippen LogP contribution < -0.4 is 14.8 Å². The molecular formula is C19H22N4O3. The Labute approximate surface area is 152 Å². The molecule has 3 heterocycles. The molecule has 0 fully saturated rings. The summed E-state index contributed by atoms with van der Waals surface area (Å²) in [4.78, 5) is 16.5. The van der Waals surface area contributed by atoms with E-state index in [0.717, 1.165) is 23.2 Å². The van der Waals surface area contributed by atoms with Crippen LogP contribution in [0.1, 0.15) is 29.8 Å². The number of hydrogen-bond donors (Lipinski definition) is 1. The Morgan fingerprint density at radius 2 is 1.92 bits per heavy atom. The molecule has 2 aromatic heterocycles. The number of benzene rings is 1. The zero-order valence-corrected chi connectivity index (χ0v) is 15.4. The lowest BCUT2D eigenvalue weighted by Gasteiger charge is -2.20. The third kappa shape index (κ3) is 2.96. The van der Waals surface area contributed by atoms with E-state index >= 15 is 0 Å². The molecule has 0 saturated carbocycles. The molecule has 0 spiro atoms. The first-order valence-electron chi connectivity index (χ1n) is 8.58. The molecule has 0 aliphatic carbocycles. The average Bonchev–Trinajstić information content (AvgIpc) is 3.12. The zero-order chi connectivity index (χ0) is 18.7. The van der Waals surface area contributed by atoms with E-state index in [4.69, 9.17) is 9.47 Å². The van der Waals surface area contributed by atoms with Gasteiger partial charge >= 0.3 is 0 Å². The summed E-state index contributed by atoms with van der Waals surface area (Å²) in [5.74, 6) is 1.11. The van der Waals surface area contributed by atoms with Crippen molar-refractivity contribution >= 4 is 11.6 Å². The van der Waals surface area contributed by atoms with Crippen LogP contribution in [0.25, 0.3) is 16.9 Å². The highest BCUT2D eigenvalue weighted by molar-refractivity contribution is 6.00. The Bertz CT molecular complexity index is 932. The van der Waals surface area contributed by atoms with Crippen LogP contribution in [0.15, 0.2) is 30.6 Å². The van der Waals surface area contributed by atoms with E-state index in [9.17, 15) is 4.79 Å². The summed E-state index contributed by atoms with van der Waals surface area (Å²) in [5, 5.41) is 7.23. The Balaban J connectivity index is 0.000000948. The molecule has 1 aromatic carbocycles. The summed E-state index contributed by atoms with van der Waals surface area (Å²) >= 11 is 0. The smallest absolute Gasteiger partial charge is 0.255 e. The van der Waals surface area contributed by atoms with E-state index in [1.807, 2.05) is 32.0 Å². The number of fused-ring (bicyclic) bond motifs is 2. The third-order valence-electron chi connectivity index (χ3n) is 4.18. The quantitative estimate of drug-likeness (QED) is 0.782. The van der Waals surface area contributed by atoms with Gasteiger partial charge in [-0.1, -0.05) is 13.8 Å². The minimum absolute atomic E-state index is 0.0966. The fraction of sp³-hybridized carbons (Fsp3) is 0.316. The Morgan fingerprint density at radius 3 is 2.65 bits per heavy atom. The molecule has 26 heavy (non-hydrogen) atoms. The van der Waals surface area contributed by atoms with Gasteiger partial charge in [-0.05, 0) is 24.1 Å². The van der Waals surface area contributed by atoms with E-state index in [0.29, 0.717) is 29.3 Å². The number of imidazole rings is 1. The van der Waals surface area contributed by atoms with Crippen molar-refractivity contribution in [3.63, 3.8) is 0 Å². The highest BCUT2D eigenvalue weighted by Gasteiger charge is 2.23. The van der Waals surface area contributed by atoms with Crippen molar-refractivity contribution in [3.8, 4) is 22.8 Å². The van der Waals surface area contributed by atoms with Crippen LogP contribution in [-0.2, 0) is 6.42 Å². The molecule has 3 aromatic rings. The molecule has 1 aliphatic heterocycles. The van der Waals surface area contributed by atoms with E-state index in [1.165, 1.54) is 0 Å². The fourth-order valence-electron chi connectivity index (χ4n) is 3.00. The van der Waals surface area contributed by atoms with Crippen molar-refractivity contribution in [2.45, 2.75) is 20.3 Å². The average molecular weight is 354 g/mol. The van der Waals surface area contributed by atoms with Crippen molar-refractivity contribution in [3.05, 3.63) is 41.7 Å². The van der Waals surface area contributed by atoms with Gasteiger partial charge in [0.15, 0.2) is 5.65 Å². The number of carbonyl (C=O) groups is 1. The number of methoxy groups -OCH3 is 2. The maximum Gasteiger partial charge on any atom is 0.255 e. The maximum absolute atomic E-state index is 12.1. The molecule has 1 amide bonds. The lowest BCUT2D eigenvalue weighted by molar-refractivity contribution is 0.0942. The Kier molecular flexibility index (Phi) is 5.06. The molecule has 0 bridgehead atoms. The lowest BCUT2D eigenvalue weighted by Crippen LogP contribution is -2.32. The van der Waals surface area contributed by atoms with Crippen LogP contribution in [-0.4, -0.2) is 41.3 Å². The van der Waals surface area contributed by atoms with Crippen molar-refractivity contribution < 1.29 is 14.3 Å². The molecule has 1 N–H and O–H groups in total. The SMILES string of the molecule is CC.COc1cnn2c(-c3cc4c(c(OC)c3)C(=O)NCC4)cnc2c1. The predicted molar refractivity (Wildman–Crippen MR) is 98.9 cm³/mol. The molecule has 7 heteroatoms. The Hall–Kier alpha value is -3.09. The lowest BCUT2D eigenvalue weighted by atomic mass is 9.95. The number of nitrogens with zero attached hydrogens (tertiary/aromatic N) is 3. The number of ether oxygens (including phenoxy) is 2. The highest BCUT2D eigenvalue weighted by atomic mass is 16.5. The van der Waals surface area contributed by atoms with Gasteiger partial charge in [0.05, 0.1) is 37.9 Å². The summed E-state index contributed by atoms with van der Waals surface area (Å²) in [6, 6.07) is 5.67. The molecule has 0 atom stereocenters. The van der Waals surface area contributed by atoms with Gasteiger partial charge in [0, 0.05) is 18.2 Å². The maximum atomic E-state index is 12.1. The topological polar surface area (TPSA) is 77.8 Å². The van der Waals surface area contributed by atoms with Gasteiger partial charge in [-0.15, -0.1) is 0 Å². The van der Waals surface area contributed by atoms with E-state index in [2.05, 4.69) is 15.4 Å². The second-order valence-corrected chi connectivity index (χ2v) is 5.53. The second kappa shape index (κ2) is 7.43. The second-order valence-electron chi connectivity index (χ2n) is 5.53. The van der Waals surface area contributed by atoms with Crippen LogP contribution in [0, 0.1) is 0 Å². The largest absolute Gasteiger partial charge is 0.496 e. The van der Waals surface area contributed by atoms with E-state index in [1.54, 1.807) is 31.1 Å². The molecule has 0 radical (unpaired) electrons. The van der Waals surface area contributed by atoms with Gasteiger partial charge in [0.25, 0.3) is 5.91 Å². The Morgan fingerprint density at radius 1 is 1.12 bits per heavy atom. The molecule has 0 unspecified atom stereocenters. The summed E-state index contributed by atoms with van der Waals surface area (Å²) in [6.45, 7) is 4.63.